The van der Waals surface area contributed by atoms with Crippen LogP contribution in [0.25, 0.3) is 0 Å². The van der Waals surface area contributed by atoms with Crippen molar-refractivity contribution in [2.24, 2.45) is 0 Å². The molecule has 5 nitrogen and oxygen atoms in total. The molecule has 18 heavy (non-hydrogen) atoms. The topological polar surface area (TPSA) is 69.6 Å². The van der Waals surface area contributed by atoms with Gasteiger partial charge in [-0.3, -0.25) is 9.59 Å². The average molecular weight is 256 g/mol. The van der Waals surface area contributed by atoms with E-state index in [1.165, 1.54) is 17.7 Å². The fourth-order valence-electron chi connectivity index (χ4n) is 2.32. The number of carboxylic acid groups (broad SMARTS) is 1. The summed E-state index contributed by atoms with van der Waals surface area (Å²) < 4.78 is 0. The Balaban J connectivity index is 2.38. The zero-order chi connectivity index (χ0) is 13.5. The van der Waals surface area contributed by atoms with Gasteiger partial charge in [0.25, 0.3) is 0 Å². The van der Waals surface area contributed by atoms with Crippen molar-refractivity contribution in [3.8, 4) is 0 Å². The van der Waals surface area contributed by atoms with Crippen molar-refractivity contribution in [1.29, 1.82) is 0 Å². The van der Waals surface area contributed by atoms with Gasteiger partial charge >= 0.3 is 5.97 Å². The van der Waals surface area contributed by atoms with Crippen molar-refractivity contribution in [2.45, 2.75) is 58.0 Å². The number of piperidine rings is 1. The number of rotatable bonds is 6. The summed E-state index contributed by atoms with van der Waals surface area (Å²) in [6.07, 6.45) is 4.79. The number of amides is 1. The molecule has 0 aromatic rings. The molecule has 0 aromatic carbocycles. The van der Waals surface area contributed by atoms with Crippen LogP contribution in [0.3, 0.4) is 0 Å². The first kappa shape index (κ1) is 15.0. The van der Waals surface area contributed by atoms with E-state index in [0.29, 0.717) is 12.5 Å². The Labute approximate surface area is 109 Å². The number of nitrogens with one attached hydrogen (secondary N) is 1. The first-order chi connectivity index (χ1) is 8.50. The number of carbonyl (C=O) groups excluding carboxylic acids is 1. The summed E-state index contributed by atoms with van der Waals surface area (Å²) in [5.74, 6) is -1.01. The molecule has 0 spiro atoms. The summed E-state index contributed by atoms with van der Waals surface area (Å²) in [6, 6.07) is 0.356. The van der Waals surface area contributed by atoms with Gasteiger partial charge in [0.2, 0.25) is 5.91 Å². The van der Waals surface area contributed by atoms with E-state index in [9.17, 15) is 9.59 Å². The quantitative estimate of drug-likeness (QED) is 0.750. The lowest BCUT2D eigenvalue weighted by Crippen LogP contribution is -2.42. The molecule has 2 N–H and O–H groups in total. The number of hydrogen-bond acceptors (Lipinski definition) is 3. The number of carbonyl (C=O) groups is 2. The summed E-state index contributed by atoms with van der Waals surface area (Å²) in [4.78, 5) is 24.2. The molecule has 1 atom stereocenters. The molecule has 0 aromatic heterocycles. The largest absolute Gasteiger partial charge is 0.480 e. The number of aliphatic carboxylic acids is 1. The van der Waals surface area contributed by atoms with Crippen LogP contribution in [0.4, 0.5) is 0 Å². The van der Waals surface area contributed by atoms with Gasteiger partial charge in [0.05, 0.1) is 0 Å². The predicted octanol–water partition coefficient (Wildman–Crippen LogP) is 1.23. The molecular formula is C13H24N2O3. The molecule has 1 rings (SSSR count). The number of hydrogen-bond donors (Lipinski definition) is 2. The second-order valence-corrected chi connectivity index (χ2v) is 5.19. The smallest absolute Gasteiger partial charge is 0.323 e. The van der Waals surface area contributed by atoms with Crippen LogP contribution in [0, 0.1) is 0 Å². The van der Waals surface area contributed by atoms with Crippen LogP contribution in [0.15, 0.2) is 0 Å². The Kier molecular flexibility index (Phi) is 6.12. The highest BCUT2D eigenvalue weighted by Gasteiger charge is 2.21. The molecule has 1 saturated heterocycles. The van der Waals surface area contributed by atoms with Gasteiger partial charge in [-0.05, 0) is 39.7 Å². The number of nitrogens with zero attached hydrogens (tertiary/aromatic N) is 1. The van der Waals surface area contributed by atoms with Crippen LogP contribution < -0.4 is 5.32 Å². The van der Waals surface area contributed by atoms with Crippen molar-refractivity contribution < 1.29 is 14.7 Å². The maximum Gasteiger partial charge on any atom is 0.323 e. The normalized spacial score (nSPS) is 19.8. The molecule has 104 valence electrons. The SMILES string of the molecule is CC(C)N(CC(=O)O)C(=O)CCC1CCCCN1. The standard InChI is InChI=1S/C13H24N2O3/c1-10(2)15(9-13(17)18)12(16)7-6-11-5-3-4-8-14-11/h10-11,14H,3-9H2,1-2H3,(H,17,18). The van der Waals surface area contributed by atoms with Gasteiger partial charge in [0.15, 0.2) is 0 Å². The summed E-state index contributed by atoms with van der Waals surface area (Å²) in [7, 11) is 0. The lowest BCUT2D eigenvalue weighted by atomic mass is 10.00. The molecule has 1 aliphatic rings. The third kappa shape index (κ3) is 5.04. The van der Waals surface area contributed by atoms with E-state index in [-0.39, 0.29) is 18.5 Å². The predicted molar refractivity (Wildman–Crippen MR) is 69.4 cm³/mol. The minimum absolute atomic E-state index is 0.0558. The van der Waals surface area contributed by atoms with E-state index in [4.69, 9.17) is 5.11 Å². The zero-order valence-corrected chi connectivity index (χ0v) is 11.3. The van der Waals surface area contributed by atoms with E-state index >= 15 is 0 Å². The van der Waals surface area contributed by atoms with Crippen molar-refractivity contribution >= 4 is 11.9 Å². The van der Waals surface area contributed by atoms with Gasteiger partial charge in [-0.25, -0.2) is 0 Å². The molecule has 1 fully saturated rings. The minimum atomic E-state index is -0.951. The second kappa shape index (κ2) is 7.36. The van der Waals surface area contributed by atoms with Gasteiger partial charge < -0.3 is 15.3 Å². The van der Waals surface area contributed by atoms with Crippen molar-refractivity contribution in [3.05, 3.63) is 0 Å². The van der Waals surface area contributed by atoms with Gasteiger partial charge in [0, 0.05) is 18.5 Å². The van der Waals surface area contributed by atoms with Gasteiger partial charge in [-0.2, -0.15) is 0 Å². The Morgan fingerprint density at radius 2 is 2.11 bits per heavy atom. The minimum Gasteiger partial charge on any atom is -0.480 e. The lowest BCUT2D eigenvalue weighted by Gasteiger charge is -2.27. The summed E-state index contributed by atoms with van der Waals surface area (Å²) >= 11 is 0. The van der Waals surface area contributed by atoms with Crippen LogP contribution in [-0.2, 0) is 9.59 Å². The van der Waals surface area contributed by atoms with Gasteiger partial charge in [0.1, 0.15) is 6.54 Å². The van der Waals surface area contributed by atoms with Crippen molar-refractivity contribution in [1.82, 2.24) is 10.2 Å². The van der Waals surface area contributed by atoms with E-state index in [2.05, 4.69) is 5.32 Å². The molecule has 5 heteroatoms. The van der Waals surface area contributed by atoms with Crippen LogP contribution in [0.5, 0.6) is 0 Å². The summed E-state index contributed by atoms with van der Waals surface area (Å²) in [5.41, 5.74) is 0. The molecule has 1 aliphatic heterocycles. The number of carboxylic acids is 1. The van der Waals surface area contributed by atoms with E-state index in [0.717, 1.165) is 19.4 Å². The highest BCUT2D eigenvalue weighted by molar-refractivity contribution is 5.81. The summed E-state index contributed by atoms with van der Waals surface area (Å²) in [5, 5.41) is 12.2. The maximum absolute atomic E-state index is 12.0. The Morgan fingerprint density at radius 1 is 1.39 bits per heavy atom. The molecule has 1 unspecified atom stereocenters. The second-order valence-electron chi connectivity index (χ2n) is 5.19. The first-order valence-electron chi connectivity index (χ1n) is 6.75. The molecule has 1 amide bonds. The zero-order valence-electron chi connectivity index (χ0n) is 11.3. The Hall–Kier alpha value is -1.10. The van der Waals surface area contributed by atoms with Gasteiger partial charge in [-0.15, -0.1) is 0 Å². The monoisotopic (exact) mass is 256 g/mol. The maximum atomic E-state index is 12.0. The summed E-state index contributed by atoms with van der Waals surface area (Å²) in [6.45, 7) is 4.52. The van der Waals surface area contributed by atoms with Gasteiger partial charge in [-0.1, -0.05) is 6.42 Å². The van der Waals surface area contributed by atoms with E-state index in [1.807, 2.05) is 13.8 Å². The fourth-order valence-corrected chi connectivity index (χ4v) is 2.32. The van der Waals surface area contributed by atoms with Crippen molar-refractivity contribution in [2.75, 3.05) is 13.1 Å². The molecule has 1 heterocycles. The van der Waals surface area contributed by atoms with Crippen molar-refractivity contribution in [3.63, 3.8) is 0 Å². The first-order valence-corrected chi connectivity index (χ1v) is 6.75. The van der Waals surface area contributed by atoms with Crippen LogP contribution >= 0.6 is 0 Å². The van der Waals surface area contributed by atoms with E-state index in [1.54, 1.807) is 0 Å². The molecule has 0 saturated carbocycles. The fraction of sp³-hybridized carbons (Fsp3) is 0.846. The highest BCUT2D eigenvalue weighted by Crippen LogP contribution is 2.13. The van der Waals surface area contributed by atoms with E-state index < -0.39 is 5.97 Å². The third-order valence-corrected chi connectivity index (χ3v) is 3.37. The van der Waals surface area contributed by atoms with Crippen LogP contribution in [0.1, 0.15) is 46.0 Å². The average Bonchev–Trinajstić information content (AvgIpc) is 2.34. The van der Waals surface area contributed by atoms with Crippen LogP contribution in [-0.4, -0.2) is 47.1 Å². The molecule has 0 radical (unpaired) electrons. The Morgan fingerprint density at radius 3 is 2.61 bits per heavy atom. The van der Waals surface area contributed by atoms with Crippen LogP contribution in [0.2, 0.25) is 0 Å². The molecule has 0 bridgehead atoms. The molecule has 0 aliphatic carbocycles. The molecular weight excluding hydrogens is 232 g/mol. The highest BCUT2D eigenvalue weighted by atomic mass is 16.4. The Bertz CT molecular complexity index is 286. The third-order valence-electron chi connectivity index (χ3n) is 3.37. The lowest BCUT2D eigenvalue weighted by molar-refractivity contribution is -0.145.